The van der Waals surface area contributed by atoms with Gasteiger partial charge in [-0.1, -0.05) is 36.4 Å². The number of aliphatic hydroxyl groups excluding tert-OH is 1. The van der Waals surface area contributed by atoms with Crippen molar-refractivity contribution in [2.75, 3.05) is 24.3 Å². The normalized spacial score (nSPS) is 19.1. The van der Waals surface area contributed by atoms with E-state index in [0.717, 1.165) is 0 Å². The van der Waals surface area contributed by atoms with Crippen molar-refractivity contribution in [3.63, 3.8) is 0 Å². The number of benzene rings is 3. The van der Waals surface area contributed by atoms with E-state index < -0.39 is 27.4 Å². The van der Waals surface area contributed by atoms with Crippen LogP contribution in [0.2, 0.25) is 0 Å². The van der Waals surface area contributed by atoms with E-state index in [9.17, 15) is 13.2 Å². The Kier molecular flexibility index (Phi) is 8.25. The zero-order chi connectivity index (χ0) is 26.3. The maximum Gasteiger partial charge on any atom is 0.256 e. The lowest BCUT2D eigenvalue weighted by atomic mass is 9.90. The summed E-state index contributed by atoms with van der Waals surface area (Å²) in [7, 11) is -3.65. The van der Waals surface area contributed by atoms with Crippen molar-refractivity contribution >= 4 is 27.3 Å². The van der Waals surface area contributed by atoms with Crippen LogP contribution < -0.4 is 10.1 Å². The maximum absolute atomic E-state index is 13.6. The number of carbonyl (C=O) groups excluding carboxylic acids is 1. The molecule has 0 radical (unpaired) electrons. The first-order valence-corrected chi connectivity index (χ1v) is 13.7. The van der Waals surface area contributed by atoms with Crippen molar-refractivity contribution in [1.82, 2.24) is 0 Å². The third kappa shape index (κ3) is 6.18. The van der Waals surface area contributed by atoms with Crippen LogP contribution in [0.4, 0.5) is 5.69 Å². The van der Waals surface area contributed by atoms with E-state index >= 15 is 0 Å². The fourth-order valence-corrected chi connectivity index (χ4v) is 5.44. The quantitative estimate of drug-likeness (QED) is 0.370. The van der Waals surface area contributed by atoms with Gasteiger partial charge in [-0.2, -0.15) is 0 Å². The van der Waals surface area contributed by atoms with E-state index in [2.05, 4.69) is 5.32 Å². The molecule has 2 atom stereocenters. The van der Waals surface area contributed by atoms with Crippen molar-refractivity contribution in [2.24, 2.45) is 4.99 Å². The standard InChI is InChI=1S/C28H30N2O6S/c1-21-28(27(32)29-23-9-4-2-5-10-23,17-20-37(33,34)25-11-6-3-7-12-25)30-26(36-21)22-13-15-24(16-14-22)35-19-8-18-31/h2-7,9-16,21,31H,8,17-20H2,1H3,(H,29,32)/t21-,28-/m1/s1. The van der Waals surface area contributed by atoms with Crippen LogP contribution in [-0.4, -0.2) is 55.9 Å². The Balaban J connectivity index is 1.62. The lowest BCUT2D eigenvalue weighted by molar-refractivity contribution is -0.123. The third-order valence-corrected chi connectivity index (χ3v) is 7.95. The number of carbonyl (C=O) groups is 1. The van der Waals surface area contributed by atoms with Crippen molar-refractivity contribution in [3.8, 4) is 5.75 Å². The average Bonchev–Trinajstić information content (AvgIpc) is 3.26. The van der Waals surface area contributed by atoms with Crippen LogP contribution >= 0.6 is 0 Å². The maximum atomic E-state index is 13.6. The van der Waals surface area contributed by atoms with Gasteiger partial charge in [-0.25, -0.2) is 13.4 Å². The molecule has 4 rings (SSSR count). The second kappa shape index (κ2) is 11.6. The molecule has 9 heteroatoms. The highest BCUT2D eigenvalue weighted by Crippen LogP contribution is 2.34. The smallest absolute Gasteiger partial charge is 0.256 e. The molecule has 1 amide bonds. The second-order valence-electron chi connectivity index (χ2n) is 8.75. The lowest BCUT2D eigenvalue weighted by Gasteiger charge is -2.28. The number of rotatable bonds is 11. The fourth-order valence-electron chi connectivity index (χ4n) is 4.05. The highest BCUT2D eigenvalue weighted by Gasteiger charge is 2.50. The van der Waals surface area contributed by atoms with Gasteiger partial charge in [0.05, 0.1) is 17.3 Å². The lowest BCUT2D eigenvalue weighted by Crippen LogP contribution is -2.49. The number of nitrogens with zero attached hydrogens (tertiary/aromatic N) is 1. The van der Waals surface area contributed by atoms with Gasteiger partial charge in [0.1, 0.15) is 11.9 Å². The first kappa shape index (κ1) is 26.4. The molecule has 1 heterocycles. The van der Waals surface area contributed by atoms with Crippen LogP contribution in [0.15, 0.2) is 94.8 Å². The van der Waals surface area contributed by atoms with Crippen LogP contribution in [0.1, 0.15) is 25.3 Å². The number of aliphatic hydroxyl groups is 1. The van der Waals surface area contributed by atoms with Crippen LogP contribution in [0, 0.1) is 0 Å². The van der Waals surface area contributed by atoms with Gasteiger partial charge in [0.25, 0.3) is 5.91 Å². The van der Waals surface area contributed by atoms with E-state index in [0.29, 0.717) is 30.0 Å². The molecule has 8 nitrogen and oxygen atoms in total. The molecule has 3 aromatic carbocycles. The summed E-state index contributed by atoms with van der Waals surface area (Å²) < 4.78 is 37.8. The van der Waals surface area contributed by atoms with Gasteiger partial charge in [0.2, 0.25) is 5.90 Å². The molecule has 0 aliphatic carbocycles. The Morgan fingerprint density at radius 3 is 2.32 bits per heavy atom. The third-order valence-electron chi connectivity index (χ3n) is 6.21. The second-order valence-corrected chi connectivity index (χ2v) is 10.9. The number of aliphatic imine (C=N–C) groups is 1. The Morgan fingerprint density at radius 2 is 1.68 bits per heavy atom. The summed E-state index contributed by atoms with van der Waals surface area (Å²) in [4.78, 5) is 18.6. The van der Waals surface area contributed by atoms with Gasteiger partial charge in [-0.15, -0.1) is 0 Å². The molecular weight excluding hydrogens is 492 g/mol. The Bertz CT molecular complexity index is 1330. The summed E-state index contributed by atoms with van der Waals surface area (Å²) in [6.45, 7) is 2.17. The molecule has 0 saturated carbocycles. The fraction of sp³-hybridized carbons (Fsp3) is 0.286. The molecule has 37 heavy (non-hydrogen) atoms. The number of hydrogen-bond acceptors (Lipinski definition) is 7. The topological polar surface area (TPSA) is 114 Å². The number of nitrogens with one attached hydrogen (secondary N) is 1. The number of para-hydroxylation sites is 1. The molecule has 0 fully saturated rings. The number of hydrogen-bond donors (Lipinski definition) is 2. The first-order chi connectivity index (χ1) is 17.8. The van der Waals surface area contributed by atoms with E-state index in [1.165, 1.54) is 0 Å². The summed E-state index contributed by atoms with van der Waals surface area (Å²) >= 11 is 0. The van der Waals surface area contributed by atoms with Crippen molar-refractivity contribution in [1.29, 1.82) is 0 Å². The monoisotopic (exact) mass is 522 g/mol. The van der Waals surface area contributed by atoms with Crippen LogP contribution in [-0.2, 0) is 19.4 Å². The van der Waals surface area contributed by atoms with Crippen molar-refractivity contribution in [3.05, 3.63) is 90.5 Å². The molecular formula is C28H30N2O6S. The Labute approximate surface area is 216 Å². The number of anilines is 1. The summed E-state index contributed by atoms with van der Waals surface area (Å²) in [6.07, 6.45) is -0.242. The van der Waals surface area contributed by atoms with Gasteiger partial charge < -0.3 is 19.9 Å². The summed E-state index contributed by atoms with van der Waals surface area (Å²) in [5.41, 5.74) is -0.233. The predicted octanol–water partition coefficient (Wildman–Crippen LogP) is 3.85. The Morgan fingerprint density at radius 1 is 1.03 bits per heavy atom. The average molecular weight is 523 g/mol. The highest BCUT2D eigenvalue weighted by atomic mass is 32.2. The molecule has 0 spiro atoms. The molecule has 0 unspecified atom stereocenters. The van der Waals surface area contributed by atoms with Gasteiger partial charge in [-0.05, 0) is 61.9 Å². The van der Waals surface area contributed by atoms with Gasteiger partial charge in [-0.3, -0.25) is 4.79 Å². The zero-order valence-electron chi connectivity index (χ0n) is 20.5. The Hall–Kier alpha value is -3.69. The molecule has 1 aliphatic rings. The van der Waals surface area contributed by atoms with Crippen LogP contribution in [0.3, 0.4) is 0 Å². The number of sulfone groups is 1. The minimum absolute atomic E-state index is 0.0493. The molecule has 3 aromatic rings. The van der Waals surface area contributed by atoms with E-state index in [4.69, 9.17) is 19.6 Å². The summed E-state index contributed by atoms with van der Waals surface area (Å²) in [6, 6.07) is 24.2. The van der Waals surface area contributed by atoms with Gasteiger partial charge in [0.15, 0.2) is 15.4 Å². The van der Waals surface area contributed by atoms with E-state index in [1.54, 1.807) is 85.8 Å². The molecule has 0 bridgehead atoms. The van der Waals surface area contributed by atoms with E-state index in [1.807, 2.05) is 6.07 Å². The van der Waals surface area contributed by atoms with Crippen molar-refractivity contribution in [2.45, 2.75) is 36.3 Å². The van der Waals surface area contributed by atoms with Crippen LogP contribution in [0.25, 0.3) is 0 Å². The van der Waals surface area contributed by atoms with Crippen molar-refractivity contribution < 1.29 is 27.8 Å². The number of ether oxygens (including phenoxy) is 2. The molecule has 194 valence electrons. The molecule has 2 N–H and O–H groups in total. The highest BCUT2D eigenvalue weighted by molar-refractivity contribution is 7.91. The van der Waals surface area contributed by atoms with E-state index in [-0.39, 0.29) is 29.6 Å². The summed E-state index contributed by atoms with van der Waals surface area (Å²) in [5, 5.41) is 11.8. The minimum Gasteiger partial charge on any atom is -0.494 e. The molecule has 0 saturated heterocycles. The largest absolute Gasteiger partial charge is 0.494 e. The van der Waals surface area contributed by atoms with Gasteiger partial charge in [0, 0.05) is 24.3 Å². The van der Waals surface area contributed by atoms with Gasteiger partial charge >= 0.3 is 0 Å². The minimum atomic E-state index is -3.65. The zero-order valence-corrected chi connectivity index (χ0v) is 21.4. The SMILES string of the molecule is C[C@H]1OC(c2ccc(OCCCO)cc2)=N[C@@]1(CCS(=O)(=O)c1ccccc1)C(=O)Nc1ccccc1. The molecule has 0 aromatic heterocycles. The number of amides is 1. The first-order valence-electron chi connectivity index (χ1n) is 12.1. The van der Waals surface area contributed by atoms with Crippen LogP contribution in [0.5, 0.6) is 5.75 Å². The summed E-state index contributed by atoms with van der Waals surface area (Å²) in [5.74, 6) is 0.176. The molecule has 1 aliphatic heterocycles. The predicted molar refractivity (Wildman–Crippen MR) is 142 cm³/mol.